The van der Waals surface area contributed by atoms with E-state index in [0.717, 1.165) is 18.5 Å². The van der Waals surface area contributed by atoms with Gasteiger partial charge >= 0.3 is 0 Å². The van der Waals surface area contributed by atoms with Crippen LogP contribution in [-0.4, -0.2) is 17.7 Å². The topological polar surface area (TPSA) is 32.3 Å². The quantitative estimate of drug-likeness (QED) is 0.850. The van der Waals surface area contributed by atoms with Crippen molar-refractivity contribution < 1.29 is 5.11 Å². The lowest BCUT2D eigenvalue weighted by atomic mass is 9.80. The predicted octanol–water partition coefficient (Wildman–Crippen LogP) is 2.94. The van der Waals surface area contributed by atoms with Gasteiger partial charge in [-0.1, -0.05) is 30.7 Å². The summed E-state index contributed by atoms with van der Waals surface area (Å²) >= 11 is 5.99. The van der Waals surface area contributed by atoms with Gasteiger partial charge in [-0.15, -0.1) is 0 Å². The molecule has 2 N–H and O–H groups in total. The Morgan fingerprint density at radius 1 is 1.47 bits per heavy atom. The van der Waals surface area contributed by atoms with Crippen LogP contribution in [0.1, 0.15) is 32.3 Å². The van der Waals surface area contributed by atoms with Crippen LogP contribution in [0.3, 0.4) is 0 Å². The van der Waals surface area contributed by atoms with Crippen molar-refractivity contribution in [1.29, 1.82) is 0 Å². The van der Waals surface area contributed by atoms with E-state index in [1.165, 1.54) is 6.42 Å². The molecule has 0 aliphatic carbocycles. The van der Waals surface area contributed by atoms with Crippen LogP contribution in [0.4, 0.5) is 0 Å². The first-order valence-electron chi connectivity index (χ1n) is 6.22. The van der Waals surface area contributed by atoms with Gasteiger partial charge in [0.1, 0.15) is 5.60 Å². The van der Waals surface area contributed by atoms with E-state index in [4.69, 9.17) is 11.6 Å². The third kappa shape index (κ3) is 2.82. The summed E-state index contributed by atoms with van der Waals surface area (Å²) < 4.78 is 0. The molecule has 1 aromatic carbocycles. The van der Waals surface area contributed by atoms with Crippen LogP contribution < -0.4 is 5.32 Å². The molecule has 0 bridgehead atoms. The van der Waals surface area contributed by atoms with E-state index in [9.17, 15) is 5.11 Å². The summed E-state index contributed by atoms with van der Waals surface area (Å²) in [5, 5.41) is 14.8. The largest absolute Gasteiger partial charge is 0.384 e. The zero-order valence-corrected chi connectivity index (χ0v) is 11.2. The van der Waals surface area contributed by atoms with Crippen molar-refractivity contribution in [1.82, 2.24) is 5.32 Å². The van der Waals surface area contributed by atoms with E-state index in [0.29, 0.717) is 10.9 Å². The fraction of sp³-hybridized carbons (Fsp3) is 0.571. The standard InChI is InChI=1S/C14H20ClNO/c1-10-6-7-16-13(8-10)14(2,17)11-4-3-5-12(15)9-11/h3-5,9-10,13,16-17H,6-8H2,1-2H3. The number of aliphatic hydroxyl groups is 1. The minimum absolute atomic E-state index is 0.102. The first-order valence-corrected chi connectivity index (χ1v) is 6.59. The third-order valence-electron chi connectivity index (χ3n) is 3.75. The van der Waals surface area contributed by atoms with Gasteiger partial charge in [0.15, 0.2) is 0 Å². The highest BCUT2D eigenvalue weighted by Gasteiger charge is 2.36. The van der Waals surface area contributed by atoms with Crippen molar-refractivity contribution in [3.8, 4) is 0 Å². The molecule has 3 atom stereocenters. The first-order chi connectivity index (χ1) is 8.00. The maximum absolute atomic E-state index is 10.7. The number of rotatable bonds is 2. The minimum Gasteiger partial charge on any atom is -0.384 e. The van der Waals surface area contributed by atoms with E-state index >= 15 is 0 Å². The number of halogens is 1. The minimum atomic E-state index is -0.862. The second kappa shape index (κ2) is 4.97. The molecule has 0 amide bonds. The molecule has 0 saturated carbocycles. The Morgan fingerprint density at radius 2 is 2.24 bits per heavy atom. The van der Waals surface area contributed by atoms with E-state index < -0.39 is 5.60 Å². The van der Waals surface area contributed by atoms with Crippen LogP contribution in [0, 0.1) is 5.92 Å². The maximum atomic E-state index is 10.7. The second-order valence-electron chi connectivity index (χ2n) is 5.29. The van der Waals surface area contributed by atoms with Gasteiger partial charge < -0.3 is 10.4 Å². The summed E-state index contributed by atoms with van der Waals surface area (Å²) in [6.45, 7) is 5.08. The fourth-order valence-corrected chi connectivity index (χ4v) is 2.73. The lowest BCUT2D eigenvalue weighted by Crippen LogP contribution is -2.50. The molecular formula is C14H20ClNO. The van der Waals surface area contributed by atoms with Crippen LogP contribution in [0.2, 0.25) is 5.02 Å². The van der Waals surface area contributed by atoms with Crippen molar-refractivity contribution in [3.63, 3.8) is 0 Å². The first kappa shape index (κ1) is 12.9. The van der Waals surface area contributed by atoms with Crippen LogP contribution in [0.15, 0.2) is 24.3 Å². The smallest absolute Gasteiger partial charge is 0.102 e. The zero-order valence-electron chi connectivity index (χ0n) is 10.4. The van der Waals surface area contributed by atoms with Gasteiger partial charge in [0, 0.05) is 11.1 Å². The second-order valence-corrected chi connectivity index (χ2v) is 5.73. The molecule has 1 heterocycles. The molecule has 0 spiro atoms. The zero-order chi connectivity index (χ0) is 12.5. The van der Waals surface area contributed by atoms with Gasteiger partial charge in [0.2, 0.25) is 0 Å². The molecule has 17 heavy (non-hydrogen) atoms. The molecule has 1 aliphatic rings. The molecule has 3 unspecified atom stereocenters. The van der Waals surface area contributed by atoms with E-state index in [1.54, 1.807) is 0 Å². The van der Waals surface area contributed by atoms with Crippen molar-refractivity contribution in [2.75, 3.05) is 6.54 Å². The number of hydrogen-bond acceptors (Lipinski definition) is 2. The van der Waals surface area contributed by atoms with Crippen molar-refractivity contribution >= 4 is 11.6 Å². The van der Waals surface area contributed by atoms with Crippen molar-refractivity contribution in [2.24, 2.45) is 5.92 Å². The van der Waals surface area contributed by atoms with Gasteiger partial charge in [0.05, 0.1) is 0 Å². The normalized spacial score (nSPS) is 28.7. The number of hydrogen-bond donors (Lipinski definition) is 2. The van der Waals surface area contributed by atoms with Crippen LogP contribution in [0.25, 0.3) is 0 Å². The van der Waals surface area contributed by atoms with E-state index in [1.807, 2.05) is 31.2 Å². The Kier molecular flexibility index (Phi) is 3.76. The molecular weight excluding hydrogens is 234 g/mol. The molecule has 2 rings (SSSR count). The van der Waals surface area contributed by atoms with E-state index in [-0.39, 0.29) is 6.04 Å². The van der Waals surface area contributed by atoms with Crippen molar-refractivity contribution in [2.45, 2.75) is 38.3 Å². The average molecular weight is 254 g/mol. The summed E-state index contributed by atoms with van der Waals surface area (Å²) in [7, 11) is 0. The predicted molar refractivity (Wildman–Crippen MR) is 71.2 cm³/mol. The van der Waals surface area contributed by atoms with Gasteiger partial charge in [-0.25, -0.2) is 0 Å². The highest BCUT2D eigenvalue weighted by molar-refractivity contribution is 6.30. The van der Waals surface area contributed by atoms with Gasteiger partial charge in [-0.2, -0.15) is 0 Å². The highest BCUT2D eigenvalue weighted by atomic mass is 35.5. The van der Waals surface area contributed by atoms with Crippen LogP contribution in [-0.2, 0) is 5.60 Å². The van der Waals surface area contributed by atoms with Crippen LogP contribution >= 0.6 is 11.6 Å². The average Bonchev–Trinajstić information content (AvgIpc) is 2.29. The van der Waals surface area contributed by atoms with Crippen molar-refractivity contribution in [3.05, 3.63) is 34.9 Å². The lowest BCUT2D eigenvalue weighted by molar-refractivity contribution is -0.00139. The highest BCUT2D eigenvalue weighted by Crippen LogP contribution is 2.32. The molecule has 1 fully saturated rings. The van der Waals surface area contributed by atoms with E-state index in [2.05, 4.69) is 12.2 Å². The Labute approximate surface area is 108 Å². The summed E-state index contributed by atoms with van der Waals surface area (Å²) in [6.07, 6.45) is 2.18. The van der Waals surface area contributed by atoms with Gasteiger partial charge in [-0.3, -0.25) is 0 Å². The number of nitrogens with one attached hydrogen (secondary N) is 1. The Balaban J connectivity index is 2.22. The molecule has 3 heteroatoms. The summed E-state index contributed by atoms with van der Waals surface area (Å²) in [4.78, 5) is 0. The molecule has 1 saturated heterocycles. The number of piperidine rings is 1. The molecule has 94 valence electrons. The molecule has 1 aromatic rings. The van der Waals surface area contributed by atoms with Gasteiger partial charge in [0.25, 0.3) is 0 Å². The summed E-state index contributed by atoms with van der Waals surface area (Å²) in [5.41, 5.74) is 0.0242. The van der Waals surface area contributed by atoms with Gasteiger partial charge in [-0.05, 0) is 49.9 Å². The Morgan fingerprint density at radius 3 is 2.88 bits per heavy atom. The summed E-state index contributed by atoms with van der Waals surface area (Å²) in [6, 6.07) is 7.61. The Hall–Kier alpha value is -0.570. The fourth-order valence-electron chi connectivity index (χ4n) is 2.54. The monoisotopic (exact) mass is 253 g/mol. The Bertz CT molecular complexity index is 392. The summed E-state index contributed by atoms with van der Waals surface area (Å²) in [5.74, 6) is 0.659. The SMILES string of the molecule is CC1CCNC(C(C)(O)c2cccc(Cl)c2)C1. The molecule has 1 aliphatic heterocycles. The van der Waals surface area contributed by atoms with Crippen LogP contribution in [0.5, 0.6) is 0 Å². The maximum Gasteiger partial charge on any atom is 0.102 e. The lowest BCUT2D eigenvalue weighted by Gasteiger charge is -2.39. The third-order valence-corrected chi connectivity index (χ3v) is 3.99. The molecule has 0 aromatic heterocycles. The number of benzene rings is 1. The molecule has 0 radical (unpaired) electrons. The molecule has 2 nitrogen and oxygen atoms in total.